The van der Waals surface area contributed by atoms with Crippen molar-refractivity contribution in [3.05, 3.63) is 66.0 Å². The van der Waals surface area contributed by atoms with E-state index < -0.39 is 0 Å². The van der Waals surface area contributed by atoms with Gasteiger partial charge in [-0.1, -0.05) is 34.1 Å². The van der Waals surface area contributed by atoms with Crippen LogP contribution in [0.4, 0.5) is 0 Å². The van der Waals surface area contributed by atoms with Gasteiger partial charge in [-0.05, 0) is 24.6 Å². The molecule has 6 nitrogen and oxygen atoms in total. The van der Waals surface area contributed by atoms with Crippen molar-refractivity contribution in [2.24, 2.45) is 7.05 Å². The highest BCUT2D eigenvalue weighted by atomic mass is 79.9. The second-order valence-corrected chi connectivity index (χ2v) is 8.66. The molecule has 0 fully saturated rings. The third kappa shape index (κ3) is 3.15. The first-order valence-corrected chi connectivity index (χ1v) is 11.5. The first kappa shape index (κ1) is 20.6. The molecule has 0 aliphatic carbocycles. The summed E-state index contributed by atoms with van der Waals surface area (Å²) < 4.78 is 9.53. The molecule has 4 aromatic rings. The Morgan fingerprint density at radius 2 is 1.81 bits per heavy atom. The minimum absolute atomic E-state index is 0.367. The number of fused-ring (bicyclic) bond motifs is 2. The number of rotatable bonds is 6. The van der Waals surface area contributed by atoms with Gasteiger partial charge in [0.2, 0.25) is 0 Å². The second-order valence-electron chi connectivity index (χ2n) is 7.87. The summed E-state index contributed by atoms with van der Waals surface area (Å²) in [6, 6.07) is 13.6. The minimum atomic E-state index is -0.369. The van der Waals surface area contributed by atoms with Crippen molar-refractivity contribution < 1.29 is 14.3 Å². The van der Waals surface area contributed by atoms with Crippen LogP contribution in [0.3, 0.4) is 0 Å². The molecule has 5 rings (SSSR count). The number of methoxy groups -OCH3 is 1. The Balaban J connectivity index is 1.81. The molecule has 2 aromatic carbocycles. The van der Waals surface area contributed by atoms with Gasteiger partial charge < -0.3 is 13.9 Å². The number of ether oxygens (including phenoxy) is 1. The van der Waals surface area contributed by atoms with Crippen molar-refractivity contribution in [2.75, 3.05) is 12.4 Å². The summed E-state index contributed by atoms with van der Waals surface area (Å²) in [4.78, 5) is 26.1. The van der Waals surface area contributed by atoms with Gasteiger partial charge in [0, 0.05) is 59.3 Å². The summed E-state index contributed by atoms with van der Waals surface area (Å²) in [7, 11) is 3.58. The van der Waals surface area contributed by atoms with Crippen molar-refractivity contribution in [1.29, 1.82) is 0 Å². The first-order chi connectivity index (χ1) is 15.5. The van der Waals surface area contributed by atoms with Crippen molar-refractivity contribution in [3.8, 4) is 5.75 Å². The van der Waals surface area contributed by atoms with Crippen molar-refractivity contribution >= 4 is 60.7 Å². The molecular formula is C25H22BrN3O3. The molecule has 1 aliphatic rings. The van der Waals surface area contributed by atoms with E-state index in [0.29, 0.717) is 11.1 Å². The van der Waals surface area contributed by atoms with Crippen LogP contribution in [0.5, 0.6) is 5.75 Å². The molecule has 32 heavy (non-hydrogen) atoms. The average Bonchev–Trinajstić information content (AvgIpc) is 3.44. The number of carbonyl (C=O) groups is 2. The summed E-state index contributed by atoms with van der Waals surface area (Å²) >= 11 is 3.50. The summed E-state index contributed by atoms with van der Waals surface area (Å²) in [5, 5.41) is 5.33. The van der Waals surface area contributed by atoms with E-state index >= 15 is 0 Å². The highest BCUT2D eigenvalue weighted by Crippen LogP contribution is 2.39. The fourth-order valence-corrected chi connectivity index (χ4v) is 4.79. The van der Waals surface area contributed by atoms with Gasteiger partial charge in [0.05, 0.1) is 29.3 Å². The maximum atomic E-state index is 13.1. The normalized spacial score (nSPS) is 14.1. The summed E-state index contributed by atoms with van der Waals surface area (Å²) in [5.41, 5.74) is 4.23. The SMILES string of the molecule is COc1ccc2c(C3=C(c4cccc5ccn(C)c45)C(=O)NC3=O)cn(CCCBr)c2c1. The number of aryl methyl sites for hydroxylation is 2. The predicted molar refractivity (Wildman–Crippen MR) is 130 cm³/mol. The Bertz CT molecular complexity index is 1430. The number of para-hydroxylation sites is 1. The molecule has 0 unspecified atom stereocenters. The molecule has 0 bridgehead atoms. The molecule has 2 aromatic heterocycles. The van der Waals surface area contributed by atoms with Crippen LogP contribution in [0.2, 0.25) is 0 Å². The number of amides is 2. The van der Waals surface area contributed by atoms with E-state index in [1.54, 1.807) is 7.11 Å². The lowest BCUT2D eigenvalue weighted by atomic mass is 9.94. The fourth-order valence-electron chi connectivity index (χ4n) is 4.54. The molecule has 0 spiro atoms. The van der Waals surface area contributed by atoms with Crippen molar-refractivity contribution in [3.63, 3.8) is 0 Å². The Hall–Kier alpha value is -3.32. The van der Waals surface area contributed by atoms with Crippen LogP contribution in [-0.4, -0.2) is 33.4 Å². The second kappa shape index (κ2) is 7.98. The molecule has 0 saturated carbocycles. The summed E-state index contributed by atoms with van der Waals surface area (Å²) in [6.45, 7) is 0.778. The van der Waals surface area contributed by atoms with E-state index in [1.807, 2.05) is 66.5 Å². The standard InChI is InChI=1S/C25H22BrN3O3/c1-28-12-9-15-5-3-6-18(23(15)28)21-22(25(31)27-24(21)30)19-14-29(11-4-10-26)20-13-16(32-2)7-8-17(19)20/h3,5-9,12-14H,4,10-11H2,1-2H3,(H,27,30,31). The summed E-state index contributed by atoms with van der Waals surface area (Å²) in [5.74, 6) is 0.0112. The topological polar surface area (TPSA) is 65.3 Å². The number of nitrogens with zero attached hydrogens (tertiary/aromatic N) is 2. The molecule has 0 radical (unpaired) electrons. The molecule has 1 N–H and O–H groups in total. The third-order valence-corrected chi connectivity index (χ3v) is 6.55. The number of imide groups is 1. The smallest absolute Gasteiger partial charge is 0.259 e. The number of halogens is 1. The van der Waals surface area contributed by atoms with Crippen LogP contribution in [0.25, 0.3) is 33.0 Å². The van der Waals surface area contributed by atoms with Crippen LogP contribution in [0.15, 0.2) is 54.9 Å². The van der Waals surface area contributed by atoms with E-state index in [2.05, 4.69) is 25.8 Å². The molecule has 3 heterocycles. The van der Waals surface area contributed by atoms with E-state index in [0.717, 1.165) is 57.0 Å². The van der Waals surface area contributed by atoms with E-state index in [9.17, 15) is 9.59 Å². The Morgan fingerprint density at radius 1 is 1.03 bits per heavy atom. The number of hydrogen-bond donors (Lipinski definition) is 1. The van der Waals surface area contributed by atoms with Gasteiger partial charge in [0.1, 0.15) is 5.75 Å². The summed E-state index contributed by atoms with van der Waals surface area (Å²) in [6.07, 6.45) is 4.87. The molecule has 0 atom stereocenters. The predicted octanol–water partition coefficient (Wildman–Crippen LogP) is 4.49. The number of hydrogen-bond acceptors (Lipinski definition) is 3. The first-order valence-electron chi connectivity index (χ1n) is 10.4. The highest BCUT2D eigenvalue weighted by Gasteiger charge is 2.35. The van der Waals surface area contributed by atoms with Crippen LogP contribution in [-0.2, 0) is 23.2 Å². The van der Waals surface area contributed by atoms with Gasteiger partial charge in [-0.15, -0.1) is 0 Å². The van der Waals surface area contributed by atoms with Gasteiger partial charge in [-0.3, -0.25) is 14.9 Å². The maximum absolute atomic E-state index is 13.1. The lowest BCUT2D eigenvalue weighted by Gasteiger charge is -2.08. The number of benzene rings is 2. The quantitative estimate of drug-likeness (QED) is 0.319. The molecule has 1 aliphatic heterocycles. The number of carbonyl (C=O) groups excluding carboxylic acids is 2. The van der Waals surface area contributed by atoms with Gasteiger partial charge in [-0.25, -0.2) is 0 Å². The Kier molecular flexibility index (Phi) is 5.13. The Labute approximate surface area is 193 Å². The van der Waals surface area contributed by atoms with Crippen molar-refractivity contribution in [2.45, 2.75) is 13.0 Å². The fraction of sp³-hybridized carbons (Fsp3) is 0.200. The molecule has 0 saturated heterocycles. The Morgan fingerprint density at radius 3 is 2.56 bits per heavy atom. The van der Waals surface area contributed by atoms with Crippen LogP contribution < -0.4 is 10.1 Å². The van der Waals surface area contributed by atoms with Gasteiger partial charge in [-0.2, -0.15) is 0 Å². The average molecular weight is 492 g/mol. The minimum Gasteiger partial charge on any atom is -0.497 e. The van der Waals surface area contributed by atoms with Crippen LogP contribution in [0.1, 0.15) is 17.5 Å². The zero-order chi connectivity index (χ0) is 22.4. The zero-order valence-electron chi connectivity index (χ0n) is 17.8. The lowest BCUT2D eigenvalue weighted by Crippen LogP contribution is -2.22. The lowest BCUT2D eigenvalue weighted by molar-refractivity contribution is -0.122. The molecule has 7 heteroatoms. The zero-order valence-corrected chi connectivity index (χ0v) is 19.4. The van der Waals surface area contributed by atoms with E-state index in [4.69, 9.17) is 4.74 Å². The van der Waals surface area contributed by atoms with E-state index in [1.165, 1.54) is 0 Å². The van der Waals surface area contributed by atoms with Gasteiger partial charge >= 0.3 is 0 Å². The maximum Gasteiger partial charge on any atom is 0.259 e. The van der Waals surface area contributed by atoms with Crippen LogP contribution in [0, 0.1) is 0 Å². The third-order valence-electron chi connectivity index (χ3n) is 5.99. The number of alkyl halides is 1. The van der Waals surface area contributed by atoms with Crippen molar-refractivity contribution in [1.82, 2.24) is 14.5 Å². The number of aromatic nitrogens is 2. The van der Waals surface area contributed by atoms with E-state index in [-0.39, 0.29) is 11.8 Å². The van der Waals surface area contributed by atoms with Gasteiger partial charge in [0.25, 0.3) is 11.8 Å². The van der Waals surface area contributed by atoms with Gasteiger partial charge in [0.15, 0.2) is 0 Å². The van der Waals surface area contributed by atoms with Crippen LogP contribution >= 0.6 is 15.9 Å². The molecule has 2 amide bonds. The largest absolute Gasteiger partial charge is 0.497 e. The number of nitrogens with one attached hydrogen (secondary N) is 1. The monoisotopic (exact) mass is 491 g/mol. The highest BCUT2D eigenvalue weighted by molar-refractivity contribution is 9.09. The molecular weight excluding hydrogens is 470 g/mol. The molecule has 162 valence electrons.